The van der Waals surface area contributed by atoms with Crippen molar-refractivity contribution in [3.63, 3.8) is 0 Å². The van der Waals surface area contributed by atoms with Crippen molar-refractivity contribution in [1.82, 2.24) is 14.9 Å². The normalized spacial score (nSPS) is 16.0. The topological polar surface area (TPSA) is 104 Å². The first-order valence-electron chi connectivity index (χ1n) is 8.46. The zero-order valence-corrected chi connectivity index (χ0v) is 15.5. The Labute approximate surface area is 161 Å². The van der Waals surface area contributed by atoms with Gasteiger partial charge in [-0.05, 0) is 19.1 Å². The van der Waals surface area contributed by atoms with E-state index in [-0.39, 0.29) is 22.7 Å². The maximum absolute atomic E-state index is 12.6. The summed E-state index contributed by atoms with van der Waals surface area (Å²) in [6, 6.07) is 5.38. The van der Waals surface area contributed by atoms with Crippen LogP contribution >= 0.6 is 11.6 Å². The third-order valence-electron chi connectivity index (χ3n) is 4.50. The van der Waals surface area contributed by atoms with E-state index in [4.69, 9.17) is 11.6 Å². The van der Waals surface area contributed by atoms with Gasteiger partial charge < -0.3 is 10.2 Å². The average Bonchev–Trinajstić information content (AvgIpc) is 2.69. The molecule has 1 aliphatic heterocycles. The van der Waals surface area contributed by atoms with Gasteiger partial charge in [0, 0.05) is 50.7 Å². The van der Waals surface area contributed by atoms with Crippen LogP contribution in [0.15, 0.2) is 36.7 Å². The number of hydrogen-bond acceptors (Lipinski definition) is 7. The summed E-state index contributed by atoms with van der Waals surface area (Å²) in [4.78, 5) is 35.4. The number of aromatic nitrogens is 2. The molecule has 1 aromatic heterocycles. The van der Waals surface area contributed by atoms with Crippen LogP contribution in [0.25, 0.3) is 0 Å². The first-order valence-corrected chi connectivity index (χ1v) is 8.84. The molecule has 3 rings (SSSR count). The lowest BCUT2D eigenvalue weighted by Gasteiger charge is -2.37. The Bertz CT molecular complexity index is 827. The summed E-state index contributed by atoms with van der Waals surface area (Å²) in [5.41, 5.74) is 0.237. The Morgan fingerprint density at radius 3 is 2.52 bits per heavy atom. The molecule has 1 fully saturated rings. The minimum absolute atomic E-state index is 0.120. The largest absolute Gasteiger partial charge is 0.338 e. The van der Waals surface area contributed by atoms with E-state index in [1.165, 1.54) is 18.2 Å². The first kappa shape index (κ1) is 19.0. The molecule has 10 heteroatoms. The van der Waals surface area contributed by atoms with Gasteiger partial charge in [0.2, 0.25) is 11.9 Å². The van der Waals surface area contributed by atoms with Gasteiger partial charge in [-0.3, -0.25) is 19.8 Å². The van der Waals surface area contributed by atoms with E-state index in [9.17, 15) is 14.9 Å². The first-order chi connectivity index (χ1) is 13.0. The molecule has 2 aromatic rings. The molecular formula is C17H19ClN6O3. The van der Waals surface area contributed by atoms with Crippen LogP contribution in [0.4, 0.5) is 17.3 Å². The monoisotopic (exact) mass is 390 g/mol. The van der Waals surface area contributed by atoms with Crippen molar-refractivity contribution in [2.24, 2.45) is 0 Å². The maximum Gasteiger partial charge on any atom is 0.271 e. The number of hydrogen-bond donors (Lipinski definition) is 1. The lowest BCUT2D eigenvalue weighted by atomic mass is 10.2. The minimum atomic E-state index is -0.532. The number of nitro groups is 1. The molecule has 142 valence electrons. The zero-order valence-electron chi connectivity index (χ0n) is 14.7. The van der Waals surface area contributed by atoms with Crippen LogP contribution in [0.5, 0.6) is 0 Å². The molecule has 1 aromatic carbocycles. The average molecular weight is 391 g/mol. The third kappa shape index (κ3) is 4.50. The van der Waals surface area contributed by atoms with Gasteiger partial charge >= 0.3 is 0 Å². The van der Waals surface area contributed by atoms with Crippen molar-refractivity contribution in [2.45, 2.75) is 13.0 Å². The second kappa shape index (κ2) is 8.28. The Morgan fingerprint density at radius 2 is 1.93 bits per heavy atom. The second-order valence-electron chi connectivity index (χ2n) is 6.16. The molecule has 1 unspecified atom stereocenters. The molecule has 1 N–H and O–H groups in total. The van der Waals surface area contributed by atoms with E-state index < -0.39 is 4.92 Å². The molecule has 0 radical (unpaired) electrons. The summed E-state index contributed by atoms with van der Waals surface area (Å²) >= 11 is 6.04. The van der Waals surface area contributed by atoms with Crippen LogP contribution < -0.4 is 10.2 Å². The van der Waals surface area contributed by atoms with Gasteiger partial charge in [0.05, 0.1) is 21.7 Å². The smallest absolute Gasteiger partial charge is 0.271 e. The van der Waals surface area contributed by atoms with Crippen LogP contribution in [-0.2, 0) is 4.79 Å². The molecule has 9 nitrogen and oxygen atoms in total. The van der Waals surface area contributed by atoms with Gasteiger partial charge in [0.15, 0.2) is 0 Å². The summed E-state index contributed by atoms with van der Waals surface area (Å²) in [6.07, 6.45) is 3.41. The maximum atomic E-state index is 12.6. The lowest BCUT2D eigenvalue weighted by Crippen LogP contribution is -2.53. The summed E-state index contributed by atoms with van der Waals surface area (Å²) in [5.74, 6) is 0.474. The van der Waals surface area contributed by atoms with Crippen molar-refractivity contribution in [3.8, 4) is 0 Å². The molecule has 1 atom stereocenters. The van der Waals surface area contributed by atoms with E-state index in [2.05, 4.69) is 25.1 Å². The van der Waals surface area contributed by atoms with E-state index >= 15 is 0 Å². The van der Waals surface area contributed by atoms with Gasteiger partial charge in [0.25, 0.3) is 5.69 Å². The highest BCUT2D eigenvalue weighted by Gasteiger charge is 2.27. The number of carbonyl (C=O) groups is 1. The Kier molecular flexibility index (Phi) is 5.82. The number of piperazine rings is 1. The number of halogens is 1. The fraction of sp³-hybridized carbons (Fsp3) is 0.353. The summed E-state index contributed by atoms with van der Waals surface area (Å²) in [5, 5.41) is 13.6. The number of benzene rings is 1. The predicted molar refractivity (Wildman–Crippen MR) is 102 cm³/mol. The van der Waals surface area contributed by atoms with Crippen LogP contribution in [0.3, 0.4) is 0 Å². The zero-order chi connectivity index (χ0) is 19.4. The lowest BCUT2D eigenvalue weighted by molar-refractivity contribution is -0.384. The highest BCUT2D eigenvalue weighted by molar-refractivity contribution is 6.34. The highest BCUT2D eigenvalue weighted by atomic mass is 35.5. The summed E-state index contributed by atoms with van der Waals surface area (Å²) < 4.78 is 0. The van der Waals surface area contributed by atoms with Gasteiger partial charge in [-0.25, -0.2) is 9.97 Å². The van der Waals surface area contributed by atoms with Gasteiger partial charge in [-0.1, -0.05) is 11.6 Å². The van der Waals surface area contributed by atoms with Crippen molar-refractivity contribution < 1.29 is 9.72 Å². The Morgan fingerprint density at radius 1 is 1.26 bits per heavy atom. The molecule has 27 heavy (non-hydrogen) atoms. The number of nitrogens with zero attached hydrogens (tertiary/aromatic N) is 5. The number of rotatable bonds is 5. The van der Waals surface area contributed by atoms with E-state index in [1.807, 2.05) is 6.92 Å². The third-order valence-corrected chi connectivity index (χ3v) is 4.81. The predicted octanol–water partition coefficient (Wildman–Crippen LogP) is 2.19. The van der Waals surface area contributed by atoms with Crippen molar-refractivity contribution in [2.75, 3.05) is 36.4 Å². The minimum Gasteiger partial charge on any atom is -0.338 e. The molecule has 0 bridgehead atoms. The van der Waals surface area contributed by atoms with Gasteiger partial charge in [-0.15, -0.1) is 0 Å². The molecular weight excluding hydrogens is 372 g/mol. The number of carbonyl (C=O) groups excluding carboxylic acids is 1. The van der Waals surface area contributed by atoms with Crippen LogP contribution in [0, 0.1) is 10.1 Å². The number of non-ortho nitro benzene ring substituents is 1. The van der Waals surface area contributed by atoms with Crippen LogP contribution in [0.1, 0.15) is 6.92 Å². The molecule has 0 aliphatic carbocycles. The molecule has 1 aliphatic rings. The molecule has 2 heterocycles. The summed E-state index contributed by atoms with van der Waals surface area (Å²) in [7, 11) is 0. The number of amides is 1. The van der Waals surface area contributed by atoms with Crippen molar-refractivity contribution >= 4 is 34.8 Å². The van der Waals surface area contributed by atoms with E-state index in [0.29, 0.717) is 24.7 Å². The SMILES string of the molecule is CC(C(=O)Nc1ccc([N+](=O)[O-])cc1Cl)N1CCN(c2ncccn2)CC1. The molecule has 0 saturated carbocycles. The number of nitro benzene ring substituents is 1. The standard InChI is InChI=1S/C17H19ClN6O3/c1-12(16(25)21-15-4-3-13(24(26)27)11-14(15)18)22-7-9-23(10-8-22)17-19-5-2-6-20-17/h2-6,11-12H,7-10H2,1H3,(H,21,25). The molecule has 1 saturated heterocycles. The quantitative estimate of drug-likeness (QED) is 0.616. The van der Waals surface area contributed by atoms with Crippen molar-refractivity contribution in [1.29, 1.82) is 0 Å². The number of nitrogens with one attached hydrogen (secondary N) is 1. The van der Waals surface area contributed by atoms with Crippen molar-refractivity contribution in [3.05, 3.63) is 51.8 Å². The molecule has 0 spiro atoms. The fourth-order valence-corrected chi connectivity index (χ4v) is 3.11. The van der Waals surface area contributed by atoms with Crippen LogP contribution in [-0.4, -0.2) is 57.9 Å². The van der Waals surface area contributed by atoms with E-state index in [1.54, 1.807) is 18.5 Å². The van der Waals surface area contributed by atoms with Gasteiger partial charge in [-0.2, -0.15) is 0 Å². The van der Waals surface area contributed by atoms with E-state index in [0.717, 1.165) is 13.1 Å². The highest BCUT2D eigenvalue weighted by Crippen LogP contribution is 2.27. The fourth-order valence-electron chi connectivity index (χ4n) is 2.89. The van der Waals surface area contributed by atoms with Gasteiger partial charge in [0.1, 0.15) is 0 Å². The second-order valence-corrected chi connectivity index (χ2v) is 6.57. The Hall–Kier alpha value is -2.78. The summed E-state index contributed by atoms with van der Waals surface area (Å²) in [6.45, 7) is 4.66. The molecule has 1 amide bonds. The Balaban J connectivity index is 1.57. The van der Waals surface area contributed by atoms with Crippen LogP contribution in [0.2, 0.25) is 5.02 Å². The number of anilines is 2.